The number of rotatable bonds is 3. The van der Waals surface area contributed by atoms with Crippen LogP contribution < -0.4 is 0 Å². The van der Waals surface area contributed by atoms with E-state index in [0.717, 1.165) is 33.1 Å². The van der Waals surface area contributed by atoms with E-state index in [1.54, 1.807) is 0 Å². The third kappa shape index (κ3) is 3.90. The maximum absolute atomic E-state index is 6.91. The second-order valence-electron chi connectivity index (χ2n) is 12.4. The minimum absolute atomic E-state index is 0.932. The van der Waals surface area contributed by atoms with E-state index in [1.807, 2.05) is 0 Å². The van der Waals surface area contributed by atoms with Crippen molar-refractivity contribution >= 4 is 65.0 Å². The van der Waals surface area contributed by atoms with E-state index >= 15 is 0 Å². The van der Waals surface area contributed by atoms with Crippen LogP contribution in [0.1, 0.15) is 0 Å². The number of benzene rings is 9. The second kappa shape index (κ2) is 10.2. The number of hydrogen-bond acceptors (Lipinski definition) is 1. The SMILES string of the molecule is c1ccc(-c2c3ccccc3c(-c3cccc(-c4cc5ccccc5c5c4oc4c6ccccc6ccc45)c3)c3ccccc23)cc1. The molecule has 0 radical (unpaired) electrons. The highest BCUT2D eigenvalue weighted by atomic mass is 16.3. The largest absolute Gasteiger partial charge is 0.455 e. The zero-order chi connectivity index (χ0) is 30.9. The molecule has 1 nitrogen and oxygen atoms in total. The number of furan rings is 1. The van der Waals surface area contributed by atoms with Crippen molar-refractivity contribution in [3.8, 4) is 33.4 Å². The summed E-state index contributed by atoms with van der Waals surface area (Å²) in [5.74, 6) is 0. The first-order valence-corrected chi connectivity index (χ1v) is 16.2. The molecule has 0 amide bonds. The molecule has 0 atom stereocenters. The van der Waals surface area contributed by atoms with Crippen LogP contribution in [0.4, 0.5) is 0 Å². The Morgan fingerprint density at radius 2 is 0.830 bits per heavy atom. The Morgan fingerprint density at radius 1 is 0.298 bits per heavy atom. The molecule has 10 aromatic rings. The number of fused-ring (bicyclic) bond motifs is 9. The van der Waals surface area contributed by atoms with Crippen LogP contribution >= 0.6 is 0 Å². The zero-order valence-corrected chi connectivity index (χ0v) is 25.6. The molecule has 1 heteroatoms. The minimum Gasteiger partial charge on any atom is -0.455 e. The molecule has 0 fully saturated rings. The van der Waals surface area contributed by atoms with Gasteiger partial charge in [0.05, 0.1) is 0 Å². The lowest BCUT2D eigenvalue weighted by molar-refractivity contribution is 0.674. The highest BCUT2D eigenvalue weighted by Gasteiger charge is 2.20. The Labute approximate surface area is 271 Å². The fraction of sp³-hybridized carbons (Fsp3) is 0. The Morgan fingerprint density at radius 3 is 1.53 bits per heavy atom. The van der Waals surface area contributed by atoms with Gasteiger partial charge in [0.2, 0.25) is 0 Å². The lowest BCUT2D eigenvalue weighted by Crippen LogP contribution is -1.91. The highest BCUT2D eigenvalue weighted by Crippen LogP contribution is 2.46. The van der Waals surface area contributed by atoms with Gasteiger partial charge in [0, 0.05) is 21.7 Å². The maximum Gasteiger partial charge on any atom is 0.143 e. The Bertz CT molecular complexity index is 2780. The summed E-state index contributed by atoms with van der Waals surface area (Å²) < 4.78 is 6.91. The van der Waals surface area contributed by atoms with Crippen LogP contribution in [0.2, 0.25) is 0 Å². The molecule has 0 aliphatic carbocycles. The van der Waals surface area contributed by atoms with Gasteiger partial charge in [-0.05, 0) is 83.7 Å². The van der Waals surface area contributed by atoms with Crippen LogP contribution in [0.25, 0.3) is 98.4 Å². The summed E-state index contributed by atoms with van der Waals surface area (Å²) in [4.78, 5) is 0. The summed E-state index contributed by atoms with van der Waals surface area (Å²) in [6.45, 7) is 0. The summed E-state index contributed by atoms with van der Waals surface area (Å²) in [5.41, 5.74) is 9.08. The molecule has 1 aromatic heterocycles. The van der Waals surface area contributed by atoms with Crippen molar-refractivity contribution in [2.24, 2.45) is 0 Å². The van der Waals surface area contributed by atoms with Gasteiger partial charge in [-0.25, -0.2) is 0 Å². The average Bonchev–Trinajstić information content (AvgIpc) is 3.54. The molecule has 47 heavy (non-hydrogen) atoms. The molecule has 0 spiro atoms. The average molecular weight is 597 g/mol. The molecule has 0 saturated carbocycles. The van der Waals surface area contributed by atoms with Gasteiger partial charge in [-0.2, -0.15) is 0 Å². The second-order valence-corrected chi connectivity index (χ2v) is 12.4. The summed E-state index contributed by atoms with van der Waals surface area (Å²) in [6, 6.07) is 61.4. The molecule has 10 rings (SSSR count). The van der Waals surface area contributed by atoms with Crippen molar-refractivity contribution in [3.05, 3.63) is 170 Å². The van der Waals surface area contributed by atoms with Gasteiger partial charge in [0.25, 0.3) is 0 Å². The van der Waals surface area contributed by atoms with Gasteiger partial charge >= 0.3 is 0 Å². The molecule has 0 unspecified atom stereocenters. The molecule has 9 aromatic carbocycles. The van der Waals surface area contributed by atoms with E-state index in [1.165, 1.54) is 65.3 Å². The van der Waals surface area contributed by atoms with Crippen molar-refractivity contribution in [1.82, 2.24) is 0 Å². The number of hydrogen-bond donors (Lipinski definition) is 0. The summed E-state index contributed by atoms with van der Waals surface area (Å²) in [6.07, 6.45) is 0. The van der Waals surface area contributed by atoms with Gasteiger partial charge in [-0.1, -0.05) is 152 Å². The lowest BCUT2D eigenvalue weighted by atomic mass is 9.85. The summed E-state index contributed by atoms with van der Waals surface area (Å²) in [7, 11) is 0. The van der Waals surface area contributed by atoms with E-state index in [0.29, 0.717) is 0 Å². The first-order valence-electron chi connectivity index (χ1n) is 16.2. The normalized spacial score (nSPS) is 11.8. The molecule has 0 N–H and O–H groups in total. The van der Waals surface area contributed by atoms with Crippen LogP contribution in [0.3, 0.4) is 0 Å². The van der Waals surface area contributed by atoms with E-state index in [4.69, 9.17) is 4.42 Å². The molecule has 0 bridgehead atoms. The van der Waals surface area contributed by atoms with Crippen molar-refractivity contribution in [2.45, 2.75) is 0 Å². The summed E-state index contributed by atoms with van der Waals surface area (Å²) >= 11 is 0. The highest BCUT2D eigenvalue weighted by molar-refractivity contribution is 6.26. The monoisotopic (exact) mass is 596 g/mol. The topological polar surface area (TPSA) is 13.1 Å². The van der Waals surface area contributed by atoms with Gasteiger partial charge in [-0.15, -0.1) is 0 Å². The standard InChI is InChI=1S/C46H28O/c1-2-14-30(15-3-1)42-36-21-8-10-23-38(36)43(39-24-11-9-22-37(39)42)33-18-12-17-31(27-33)41-28-32-16-5-6-19-34(32)44-40-26-25-29-13-4-7-20-35(29)45(40)47-46(41)44/h1-28H. The molecule has 0 saturated heterocycles. The first kappa shape index (κ1) is 26.1. The Kier molecular flexibility index (Phi) is 5.64. The van der Waals surface area contributed by atoms with Gasteiger partial charge in [0.1, 0.15) is 11.2 Å². The van der Waals surface area contributed by atoms with Crippen LogP contribution in [0, 0.1) is 0 Å². The Hall–Kier alpha value is -6.18. The van der Waals surface area contributed by atoms with Gasteiger partial charge in [0.15, 0.2) is 0 Å². The molecule has 0 aliphatic rings. The Balaban J connectivity index is 1.28. The fourth-order valence-corrected chi connectivity index (χ4v) is 7.77. The predicted molar refractivity (Wildman–Crippen MR) is 200 cm³/mol. The van der Waals surface area contributed by atoms with Crippen LogP contribution in [0.15, 0.2) is 174 Å². The summed E-state index contributed by atoms with van der Waals surface area (Å²) in [5, 5.41) is 12.1. The van der Waals surface area contributed by atoms with Crippen molar-refractivity contribution < 1.29 is 4.42 Å². The third-order valence-corrected chi connectivity index (χ3v) is 9.81. The third-order valence-electron chi connectivity index (χ3n) is 9.81. The zero-order valence-electron chi connectivity index (χ0n) is 25.6. The molecule has 0 aliphatic heterocycles. The van der Waals surface area contributed by atoms with E-state index in [2.05, 4.69) is 170 Å². The molecule has 218 valence electrons. The van der Waals surface area contributed by atoms with Gasteiger partial charge < -0.3 is 4.42 Å². The lowest BCUT2D eigenvalue weighted by Gasteiger charge is -2.18. The van der Waals surface area contributed by atoms with E-state index in [-0.39, 0.29) is 0 Å². The van der Waals surface area contributed by atoms with Crippen LogP contribution in [0.5, 0.6) is 0 Å². The maximum atomic E-state index is 6.91. The van der Waals surface area contributed by atoms with Crippen LogP contribution in [-0.2, 0) is 0 Å². The quantitative estimate of drug-likeness (QED) is 0.185. The molecular formula is C46H28O. The van der Waals surface area contributed by atoms with E-state index < -0.39 is 0 Å². The molecular weight excluding hydrogens is 569 g/mol. The first-order chi connectivity index (χ1) is 23.3. The smallest absolute Gasteiger partial charge is 0.143 e. The fourth-order valence-electron chi connectivity index (χ4n) is 7.77. The minimum atomic E-state index is 0.932. The predicted octanol–water partition coefficient (Wildman–Crippen LogP) is 13.2. The van der Waals surface area contributed by atoms with Crippen LogP contribution in [-0.4, -0.2) is 0 Å². The van der Waals surface area contributed by atoms with Crippen molar-refractivity contribution in [3.63, 3.8) is 0 Å². The van der Waals surface area contributed by atoms with Gasteiger partial charge in [-0.3, -0.25) is 0 Å². The van der Waals surface area contributed by atoms with Crippen molar-refractivity contribution in [2.75, 3.05) is 0 Å². The van der Waals surface area contributed by atoms with Crippen molar-refractivity contribution in [1.29, 1.82) is 0 Å². The van der Waals surface area contributed by atoms with E-state index in [9.17, 15) is 0 Å². The molecule has 1 heterocycles.